The first-order valence-corrected chi connectivity index (χ1v) is 11.1. The second kappa shape index (κ2) is 9.02. The summed E-state index contributed by atoms with van der Waals surface area (Å²) in [6.45, 7) is 0.838. The highest BCUT2D eigenvalue weighted by atomic mass is 32.2. The van der Waals surface area contributed by atoms with Gasteiger partial charge >= 0.3 is 0 Å². The minimum Gasteiger partial charge on any atom is -0.316 e. The van der Waals surface area contributed by atoms with Gasteiger partial charge in [0, 0.05) is 13.0 Å². The average Bonchev–Trinajstić information content (AvgIpc) is 2.49. The van der Waals surface area contributed by atoms with Crippen LogP contribution in [0.5, 0.6) is 0 Å². The quantitative estimate of drug-likeness (QED) is 0.450. The van der Waals surface area contributed by atoms with E-state index in [1.165, 1.54) is 0 Å². The summed E-state index contributed by atoms with van der Waals surface area (Å²) in [5.41, 5.74) is 0.960. The molecule has 0 amide bonds. The summed E-state index contributed by atoms with van der Waals surface area (Å²) in [7, 11) is -7.30. The van der Waals surface area contributed by atoms with Gasteiger partial charge in [-0.3, -0.25) is 4.18 Å². The summed E-state index contributed by atoms with van der Waals surface area (Å²) in [4.78, 5) is 0.238. The van der Waals surface area contributed by atoms with Gasteiger partial charge < -0.3 is 5.32 Å². The van der Waals surface area contributed by atoms with Gasteiger partial charge in [-0.15, -0.1) is 0 Å². The molecule has 6 nitrogen and oxygen atoms in total. The maximum atomic E-state index is 13.4. The van der Waals surface area contributed by atoms with Gasteiger partial charge in [-0.1, -0.05) is 17.7 Å². The van der Waals surface area contributed by atoms with Crippen LogP contribution in [-0.2, 0) is 24.1 Å². The van der Waals surface area contributed by atoms with Gasteiger partial charge in [0.25, 0.3) is 16.0 Å². The zero-order chi connectivity index (χ0) is 19.1. The van der Waals surface area contributed by atoms with Gasteiger partial charge in [-0.05, 0) is 32.0 Å². The summed E-state index contributed by atoms with van der Waals surface area (Å²) in [5, 5.41) is 2.72. The molecular weight excluding hydrogens is 376 g/mol. The molecule has 1 aromatic carbocycles. The predicted molar refractivity (Wildman–Crippen MR) is 91.1 cm³/mol. The van der Waals surface area contributed by atoms with E-state index in [0.29, 0.717) is 6.26 Å². The zero-order valence-electron chi connectivity index (χ0n) is 14.2. The lowest BCUT2D eigenvalue weighted by Crippen LogP contribution is -2.31. The van der Waals surface area contributed by atoms with Gasteiger partial charge in [0.05, 0.1) is 16.9 Å². The van der Waals surface area contributed by atoms with Crippen LogP contribution in [0, 0.1) is 6.92 Å². The van der Waals surface area contributed by atoms with E-state index in [9.17, 15) is 25.6 Å². The topological polar surface area (TPSA) is 89.5 Å². The third-order valence-corrected chi connectivity index (χ3v) is 5.66. The third-order valence-electron chi connectivity index (χ3n) is 3.30. The Morgan fingerprint density at radius 3 is 2.24 bits per heavy atom. The Hall–Kier alpha value is -1.10. The van der Waals surface area contributed by atoms with Gasteiger partial charge in [-0.25, -0.2) is 17.2 Å². The molecule has 0 aromatic heterocycles. The molecule has 0 bridgehead atoms. The molecule has 0 atom stereocenters. The highest BCUT2D eigenvalue weighted by Gasteiger charge is 2.30. The molecule has 10 heteroatoms. The molecule has 0 unspecified atom stereocenters. The highest BCUT2D eigenvalue weighted by Crippen LogP contribution is 2.19. The number of alkyl halides is 2. The van der Waals surface area contributed by atoms with Crippen LogP contribution >= 0.6 is 0 Å². The lowest BCUT2D eigenvalue weighted by molar-refractivity contribution is -0.0451. The van der Waals surface area contributed by atoms with Crippen LogP contribution in [0.4, 0.5) is 8.78 Å². The number of sulfone groups is 1. The zero-order valence-corrected chi connectivity index (χ0v) is 15.8. The van der Waals surface area contributed by atoms with Crippen LogP contribution in [0.15, 0.2) is 29.2 Å². The van der Waals surface area contributed by atoms with E-state index < -0.39 is 38.9 Å². The fourth-order valence-corrected chi connectivity index (χ4v) is 3.61. The van der Waals surface area contributed by atoms with Crippen molar-refractivity contribution in [3.05, 3.63) is 29.8 Å². The van der Waals surface area contributed by atoms with Crippen LogP contribution < -0.4 is 5.32 Å². The second-order valence-electron chi connectivity index (χ2n) is 5.81. The van der Waals surface area contributed by atoms with Crippen LogP contribution in [0.25, 0.3) is 0 Å². The third kappa shape index (κ3) is 9.24. The molecule has 1 N–H and O–H groups in total. The molecule has 0 radical (unpaired) electrons. The largest absolute Gasteiger partial charge is 0.316 e. The van der Waals surface area contributed by atoms with Crippen molar-refractivity contribution in [3.63, 3.8) is 0 Å². The molecule has 1 rings (SSSR count). The number of benzene rings is 1. The van der Waals surface area contributed by atoms with E-state index in [1.54, 1.807) is 24.3 Å². The van der Waals surface area contributed by atoms with Crippen LogP contribution in [-0.4, -0.2) is 54.5 Å². The second-order valence-corrected chi connectivity index (χ2v) is 9.56. The van der Waals surface area contributed by atoms with Gasteiger partial charge in [-0.2, -0.15) is 8.42 Å². The first-order chi connectivity index (χ1) is 11.4. The first-order valence-electron chi connectivity index (χ1n) is 7.64. The number of nitrogens with one attached hydrogen (secondary N) is 1. The van der Waals surface area contributed by atoms with Gasteiger partial charge in [0.1, 0.15) is 6.61 Å². The van der Waals surface area contributed by atoms with E-state index in [1.807, 2.05) is 6.92 Å². The van der Waals surface area contributed by atoms with Gasteiger partial charge in [0.15, 0.2) is 9.84 Å². The Kier molecular flexibility index (Phi) is 7.91. The Morgan fingerprint density at radius 2 is 1.68 bits per heavy atom. The van der Waals surface area contributed by atoms with E-state index in [0.717, 1.165) is 5.56 Å². The molecule has 0 spiro atoms. The SMILES string of the molecule is Cc1ccc(S(=O)(=O)CCCNCCC(F)(F)COS(C)(=O)=O)cc1. The van der Waals surface area contributed by atoms with Crippen molar-refractivity contribution >= 4 is 20.0 Å². The molecule has 0 aliphatic carbocycles. The molecule has 144 valence electrons. The Balaban J connectivity index is 2.28. The van der Waals surface area contributed by atoms with E-state index >= 15 is 0 Å². The van der Waals surface area contributed by atoms with E-state index in [2.05, 4.69) is 9.50 Å². The number of aryl methyl sites for hydroxylation is 1. The summed E-state index contributed by atoms with van der Waals surface area (Å²) < 4.78 is 76.4. The van der Waals surface area contributed by atoms with E-state index in [-0.39, 0.29) is 30.2 Å². The van der Waals surface area contributed by atoms with Crippen molar-refractivity contribution in [2.24, 2.45) is 0 Å². The Bertz CT molecular complexity index is 747. The number of rotatable bonds is 11. The van der Waals surface area contributed by atoms with Gasteiger partial charge in [0.2, 0.25) is 0 Å². The molecule has 0 saturated heterocycles. The maximum Gasteiger partial charge on any atom is 0.273 e. The van der Waals surface area contributed by atoms with Crippen LogP contribution in [0.1, 0.15) is 18.4 Å². The van der Waals surface area contributed by atoms with Crippen molar-refractivity contribution in [2.45, 2.75) is 30.6 Å². The minimum atomic E-state index is -3.91. The smallest absolute Gasteiger partial charge is 0.273 e. The first kappa shape index (κ1) is 21.9. The van der Waals surface area contributed by atoms with E-state index in [4.69, 9.17) is 0 Å². The maximum absolute atomic E-state index is 13.4. The number of hydrogen-bond donors (Lipinski definition) is 1. The Morgan fingerprint density at radius 1 is 1.08 bits per heavy atom. The Labute approximate surface area is 147 Å². The number of halogens is 2. The monoisotopic (exact) mass is 399 g/mol. The van der Waals surface area contributed by atoms with Crippen molar-refractivity contribution in [1.29, 1.82) is 0 Å². The standard InChI is InChI=1S/C15H23F2NO5S2/c1-13-4-6-14(7-5-13)25(21,22)11-3-9-18-10-8-15(16,17)12-23-24(2,19)20/h4-7,18H,3,8-12H2,1-2H3. The summed E-state index contributed by atoms with van der Waals surface area (Å²) in [6.07, 6.45) is 0.380. The normalized spacial score (nSPS) is 13.1. The molecule has 0 saturated carbocycles. The molecule has 0 heterocycles. The summed E-state index contributed by atoms with van der Waals surface area (Å²) >= 11 is 0. The summed E-state index contributed by atoms with van der Waals surface area (Å²) in [5.74, 6) is -3.36. The summed E-state index contributed by atoms with van der Waals surface area (Å²) in [6, 6.07) is 6.51. The highest BCUT2D eigenvalue weighted by molar-refractivity contribution is 7.91. The fraction of sp³-hybridized carbons (Fsp3) is 0.600. The van der Waals surface area contributed by atoms with Crippen LogP contribution in [0.2, 0.25) is 0 Å². The molecule has 0 fully saturated rings. The minimum absolute atomic E-state index is 0.0787. The van der Waals surface area contributed by atoms with Crippen LogP contribution in [0.3, 0.4) is 0 Å². The van der Waals surface area contributed by atoms with Crippen molar-refractivity contribution in [3.8, 4) is 0 Å². The predicted octanol–water partition coefficient (Wildman–Crippen LogP) is 1.75. The molecule has 0 aliphatic heterocycles. The lowest BCUT2D eigenvalue weighted by atomic mass is 10.2. The molecular formula is C15H23F2NO5S2. The van der Waals surface area contributed by atoms with Crippen molar-refractivity contribution in [1.82, 2.24) is 5.32 Å². The fourth-order valence-electron chi connectivity index (χ4n) is 1.91. The molecule has 25 heavy (non-hydrogen) atoms. The number of hydrogen-bond acceptors (Lipinski definition) is 6. The molecule has 1 aromatic rings. The molecule has 0 aliphatic rings. The lowest BCUT2D eigenvalue weighted by Gasteiger charge is -2.15. The van der Waals surface area contributed by atoms with Crippen molar-refractivity contribution < 1.29 is 29.8 Å². The van der Waals surface area contributed by atoms with Crippen molar-refractivity contribution in [2.75, 3.05) is 31.7 Å². The average molecular weight is 399 g/mol.